The molecule has 6 nitrogen and oxygen atoms in total. The van der Waals surface area contributed by atoms with Gasteiger partial charge in [0, 0.05) is 18.7 Å². The van der Waals surface area contributed by atoms with Gasteiger partial charge in [-0.1, -0.05) is 6.07 Å². The Labute approximate surface area is 124 Å². The maximum absolute atomic E-state index is 11.3. The molecule has 21 heavy (non-hydrogen) atoms. The highest BCUT2D eigenvalue weighted by atomic mass is 31.2. The quantitative estimate of drug-likeness (QED) is 0.525. The zero-order chi connectivity index (χ0) is 15.3. The van der Waals surface area contributed by atoms with E-state index in [0.717, 1.165) is 43.7 Å². The van der Waals surface area contributed by atoms with Gasteiger partial charge in [0.15, 0.2) is 0 Å². The van der Waals surface area contributed by atoms with Crippen LogP contribution in [0.25, 0.3) is 0 Å². The zero-order valence-electron chi connectivity index (χ0n) is 11.9. The third kappa shape index (κ3) is 5.58. The first-order valence-corrected chi connectivity index (χ1v) is 9.03. The number of rotatable bonds is 7. The van der Waals surface area contributed by atoms with Crippen molar-refractivity contribution in [2.24, 2.45) is 0 Å². The van der Waals surface area contributed by atoms with Crippen LogP contribution in [0.3, 0.4) is 0 Å². The summed E-state index contributed by atoms with van der Waals surface area (Å²) in [5.41, 5.74) is 2.24. The number of nitrogens with zero attached hydrogens (tertiary/aromatic N) is 1. The summed E-state index contributed by atoms with van der Waals surface area (Å²) in [4.78, 5) is 33.3. The number of aromatic nitrogens is 1. The molecule has 0 unspecified atom stereocenters. The minimum Gasteiger partial charge on any atom is -0.370 e. The van der Waals surface area contributed by atoms with Gasteiger partial charge in [-0.2, -0.15) is 0 Å². The largest absolute Gasteiger partial charge is 0.370 e. The van der Waals surface area contributed by atoms with E-state index in [0.29, 0.717) is 6.42 Å². The fraction of sp³-hybridized carbons (Fsp3) is 0.571. The van der Waals surface area contributed by atoms with Gasteiger partial charge in [0.25, 0.3) is 0 Å². The van der Waals surface area contributed by atoms with Gasteiger partial charge in [-0.25, -0.2) is 4.98 Å². The summed E-state index contributed by atoms with van der Waals surface area (Å²) in [6, 6.07) is 4.12. The molecule has 2 rings (SSSR count). The number of hydrogen-bond acceptors (Lipinski definition) is 4. The molecule has 0 amide bonds. The molecular formula is C14H21N2O4P. The number of nitrogens with one attached hydrogen (secondary N) is 1. The second-order valence-corrected chi connectivity index (χ2v) is 7.05. The summed E-state index contributed by atoms with van der Waals surface area (Å²) < 4.78 is 10.7. The lowest BCUT2D eigenvalue weighted by molar-refractivity contribution is -0.117. The van der Waals surface area contributed by atoms with Crippen LogP contribution >= 0.6 is 7.60 Å². The summed E-state index contributed by atoms with van der Waals surface area (Å²) in [5, 5.41) is 3.29. The van der Waals surface area contributed by atoms with Crippen LogP contribution in [0.15, 0.2) is 12.1 Å². The van der Waals surface area contributed by atoms with Gasteiger partial charge in [0.2, 0.25) is 0 Å². The summed E-state index contributed by atoms with van der Waals surface area (Å²) in [6.07, 6.45) is 3.96. The topological polar surface area (TPSA) is 99.5 Å². The van der Waals surface area contributed by atoms with E-state index in [1.807, 2.05) is 6.07 Å². The van der Waals surface area contributed by atoms with E-state index < -0.39 is 13.8 Å². The van der Waals surface area contributed by atoms with Crippen molar-refractivity contribution in [3.63, 3.8) is 0 Å². The van der Waals surface area contributed by atoms with E-state index >= 15 is 0 Å². The van der Waals surface area contributed by atoms with Gasteiger partial charge in [0.05, 0.1) is 0 Å². The van der Waals surface area contributed by atoms with Crippen LogP contribution in [0.2, 0.25) is 0 Å². The predicted molar refractivity (Wildman–Crippen MR) is 80.5 cm³/mol. The molecule has 0 bridgehead atoms. The first-order chi connectivity index (χ1) is 9.94. The number of carbonyl (C=O) groups is 1. The number of carbonyl (C=O) groups excluding carboxylic acids is 1. The number of pyridine rings is 1. The predicted octanol–water partition coefficient (Wildman–Crippen LogP) is 1.90. The van der Waals surface area contributed by atoms with Crippen molar-refractivity contribution in [2.75, 3.05) is 18.0 Å². The highest BCUT2D eigenvalue weighted by Gasteiger charge is 2.18. The van der Waals surface area contributed by atoms with E-state index in [9.17, 15) is 9.36 Å². The van der Waals surface area contributed by atoms with Crippen LogP contribution in [0.5, 0.6) is 0 Å². The summed E-state index contributed by atoms with van der Waals surface area (Å²) >= 11 is 0. The van der Waals surface area contributed by atoms with Gasteiger partial charge >= 0.3 is 7.60 Å². The smallest absolute Gasteiger partial charge is 0.332 e. The van der Waals surface area contributed by atoms with Crippen molar-refractivity contribution in [3.05, 3.63) is 23.4 Å². The van der Waals surface area contributed by atoms with Gasteiger partial charge < -0.3 is 15.1 Å². The Hall–Kier alpha value is -1.23. The van der Waals surface area contributed by atoms with Crippen LogP contribution in [-0.4, -0.2) is 33.3 Å². The third-order valence-electron chi connectivity index (χ3n) is 3.47. The van der Waals surface area contributed by atoms with Gasteiger partial charge in [0.1, 0.15) is 17.8 Å². The Kier molecular flexibility index (Phi) is 5.51. The lowest BCUT2D eigenvalue weighted by atomic mass is 10.1. The number of unbranched alkanes of at least 4 members (excludes halogenated alkanes) is 1. The van der Waals surface area contributed by atoms with Crippen molar-refractivity contribution in [1.82, 2.24) is 4.98 Å². The van der Waals surface area contributed by atoms with Crippen LogP contribution in [0.4, 0.5) is 5.82 Å². The van der Waals surface area contributed by atoms with Crippen LogP contribution in [-0.2, 0) is 22.2 Å². The molecule has 7 heteroatoms. The lowest BCUT2D eigenvalue weighted by Gasteiger charge is -2.17. The summed E-state index contributed by atoms with van der Waals surface area (Å²) in [7, 11) is -4.21. The SMILES string of the molecule is O=C(CCCCc1ccc2c(n1)NCCC2)CP(=O)(O)O. The fourth-order valence-electron chi connectivity index (χ4n) is 2.45. The zero-order valence-corrected chi connectivity index (χ0v) is 12.8. The minimum atomic E-state index is -4.21. The maximum Gasteiger partial charge on any atom is 0.332 e. The monoisotopic (exact) mass is 312 g/mol. The molecule has 0 saturated carbocycles. The first kappa shape index (κ1) is 16.1. The molecule has 1 aromatic heterocycles. The second kappa shape index (κ2) is 7.16. The number of ketones is 1. The van der Waals surface area contributed by atoms with Crippen molar-refractivity contribution < 1.29 is 19.1 Å². The molecule has 1 aliphatic rings. The van der Waals surface area contributed by atoms with Gasteiger partial charge in [-0.15, -0.1) is 0 Å². The Bertz CT molecular complexity index is 556. The Morgan fingerprint density at radius 1 is 1.33 bits per heavy atom. The molecule has 0 fully saturated rings. The van der Waals surface area contributed by atoms with Crippen LogP contribution in [0.1, 0.15) is 36.9 Å². The van der Waals surface area contributed by atoms with Gasteiger partial charge in [-0.3, -0.25) is 9.36 Å². The average molecular weight is 312 g/mol. The molecule has 1 aromatic rings. The fourth-order valence-corrected chi connectivity index (χ4v) is 3.06. The highest BCUT2D eigenvalue weighted by Crippen LogP contribution is 2.34. The van der Waals surface area contributed by atoms with Crippen molar-refractivity contribution >= 4 is 19.2 Å². The molecule has 3 N–H and O–H groups in total. The molecular weight excluding hydrogens is 291 g/mol. The molecule has 116 valence electrons. The maximum atomic E-state index is 11.3. The van der Waals surface area contributed by atoms with Gasteiger partial charge in [-0.05, 0) is 43.7 Å². The molecule has 0 radical (unpaired) electrons. The van der Waals surface area contributed by atoms with E-state index in [1.165, 1.54) is 5.56 Å². The molecule has 0 saturated heterocycles. The normalized spacial score (nSPS) is 14.4. The van der Waals surface area contributed by atoms with Crippen molar-refractivity contribution in [2.45, 2.75) is 38.5 Å². The van der Waals surface area contributed by atoms with Crippen LogP contribution in [0, 0.1) is 0 Å². The highest BCUT2D eigenvalue weighted by molar-refractivity contribution is 7.52. The number of aryl methyl sites for hydroxylation is 2. The number of fused-ring (bicyclic) bond motifs is 1. The molecule has 0 atom stereocenters. The Morgan fingerprint density at radius 3 is 2.90 bits per heavy atom. The number of Topliss-reactive ketones (excluding diaryl/α,β-unsaturated/α-hetero) is 1. The second-order valence-electron chi connectivity index (χ2n) is 5.41. The molecule has 0 aliphatic carbocycles. The Balaban J connectivity index is 1.74. The number of hydrogen-bond donors (Lipinski definition) is 3. The third-order valence-corrected chi connectivity index (χ3v) is 4.24. The van der Waals surface area contributed by atoms with E-state index in [1.54, 1.807) is 0 Å². The lowest BCUT2D eigenvalue weighted by Crippen LogP contribution is -2.14. The first-order valence-electron chi connectivity index (χ1n) is 7.23. The molecule has 2 heterocycles. The van der Waals surface area contributed by atoms with E-state index in [2.05, 4.69) is 16.4 Å². The van der Waals surface area contributed by atoms with Crippen molar-refractivity contribution in [1.29, 1.82) is 0 Å². The minimum absolute atomic E-state index is 0.217. The summed E-state index contributed by atoms with van der Waals surface area (Å²) in [5.74, 6) is 0.597. The molecule has 0 aromatic carbocycles. The van der Waals surface area contributed by atoms with E-state index in [-0.39, 0.29) is 12.2 Å². The molecule has 1 aliphatic heterocycles. The van der Waals surface area contributed by atoms with E-state index in [4.69, 9.17) is 9.79 Å². The number of anilines is 1. The van der Waals surface area contributed by atoms with Crippen LogP contribution < -0.4 is 5.32 Å². The molecule has 0 spiro atoms. The Morgan fingerprint density at radius 2 is 2.14 bits per heavy atom. The standard InChI is InChI=1S/C14H21N2O4P/c17-13(10-21(18,19)20)6-2-1-5-12-8-7-11-4-3-9-15-14(11)16-12/h7-8H,1-6,9-10H2,(H,15,16)(H2,18,19,20). The summed E-state index contributed by atoms with van der Waals surface area (Å²) in [6.45, 7) is 0.959. The average Bonchev–Trinajstić information content (AvgIpc) is 2.41. The van der Waals surface area contributed by atoms with Crippen molar-refractivity contribution in [3.8, 4) is 0 Å².